The quantitative estimate of drug-likeness (QED) is 0.437. The van der Waals surface area contributed by atoms with Gasteiger partial charge in [0.2, 0.25) is 0 Å². The predicted molar refractivity (Wildman–Crippen MR) is 54.6 cm³/mol. The highest BCUT2D eigenvalue weighted by molar-refractivity contribution is 6.67. The molecule has 1 saturated heterocycles. The Labute approximate surface area is 71.6 Å². The monoisotopic (exact) mass is 166 g/mol. The first kappa shape index (κ1) is 8.79. The van der Waals surface area contributed by atoms with E-state index >= 15 is 0 Å². The standard InChI is InChI=1S/C10H18Si/c1-3-10(4-2)11-8-6-5-7-9-11/h3-4,11H,1,5-9H2,2H3. The minimum absolute atomic E-state index is 0.498. The average molecular weight is 166 g/mol. The van der Waals surface area contributed by atoms with E-state index in [1.165, 1.54) is 31.4 Å². The van der Waals surface area contributed by atoms with Crippen LogP contribution in [0.4, 0.5) is 0 Å². The first-order valence-corrected chi connectivity index (χ1v) is 6.88. The van der Waals surface area contributed by atoms with Gasteiger partial charge in [0.25, 0.3) is 0 Å². The van der Waals surface area contributed by atoms with Crippen molar-refractivity contribution in [1.82, 2.24) is 0 Å². The van der Waals surface area contributed by atoms with Gasteiger partial charge in [0, 0.05) is 0 Å². The number of rotatable bonds is 2. The highest BCUT2D eigenvalue weighted by Crippen LogP contribution is 2.23. The van der Waals surface area contributed by atoms with Gasteiger partial charge >= 0.3 is 0 Å². The minimum Gasteiger partial charge on any atom is -0.0992 e. The Morgan fingerprint density at radius 2 is 1.91 bits per heavy atom. The second-order valence-corrected chi connectivity index (χ2v) is 6.54. The summed E-state index contributed by atoms with van der Waals surface area (Å²) in [6.07, 6.45) is 8.78. The highest BCUT2D eigenvalue weighted by atomic mass is 28.3. The van der Waals surface area contributed by atoms with Gasteiger partial charge in [-0.15, -0.1) is 0 Å². The van der Waals surface area contributed by atoms with E-state index < -0.39 is 8.80 Å². The summed E-state index contributed by atoms with van der Waals surface area (Å²) in [5.41, 5.74) is 0. The molecule has 1 heteroatoms. The molecule has 62 valence electrons. The molecule has 1 rings (SSSR count). The van der Waals surface area contributed by atoms with Crippen molar-refractivity contribution in [2.75, 3.05) is 0 Å². The van der Waals surface area contributed by atoms with E-state index in [2.05, 4.69) is 25.7 Å². The Morgan fingerprint density at radius 3 is 2.36 bits per heavy atom. The number of hydrogen-bond donors (Lipinski definition) is 0. The average Bonchev–Trinajstić information content (AvgIpc) is 2.09. The molecule has 1 aliphatic heterocycles. The topological polar surface area (TPSA) is 0 Å². The molecule has 0 aliphatic carbocycles. The third-order valence-electron chi connectivity index (χ3n) is 2.65. The van der Waals surface area contributed by atoms with Crippen LogP contribution in [-0.4, -0.2) is 8.80 Å². The molecule has 1 aliphatic rings. The number of allylic oxidation sites excluding steroid dienone is 3. The molecular formula is C10H18Si. The van der Waals surface area contributed by atoms with Crippen LogP contribution in [0.15, 0.2) is 23.9 Å². The van der Waals surface area contributed by atoms with Gasteiger partial charge in [-0.1, -0.05) is 55.3 Å². The van der Waals surface area contributed by atoms with Crippen LogP contribution in [0.25, 0.3) is 0 Å². The molecule has 0 aromatic heterocycles. The Hall–Kier alpha value is -0.303. The molecule has 1 heterocycles. The van der Waals surface area contributed by atoms with Crippen molar-refractivity contribution in [1.29, 1.82) is 0 Å². The Balaban J connectivity index is 2.49. The molecule has 0 atom stereocenters. The van der Waals surface area contributed by atoms with Crippen LogP contribution >= 0.6 is 0 Å². The van der Waals surface area contributed by atoms with E-state index in [9.17, 15) is 0 Å². The van der Waals surface area contributed by atoms with Crippen molar-refractivity contribution in [3.8, 4) is 0 Å². The zero-order chi connectivity index (χ0) is 8.10. The SMILES string of the molecule is C=CC(=CC)[SiH]1CCCCC1. The fourth-order valence-corrected chi connectivity index (χ4v) is 5.28. The molecule has 0 N–H and O–H groups in total. The molecule has 0 radical (unpaired) electrons. The smallest absolute Gasteiger partial charge is 0.0703 e. The van der Waals surface area contributed by atoms with E-state index in [0.29, 0.717) is 0 Å². The van der Waals surface area contributed by atoms with Crippen LogP contribution in [0, 0.1) is 0 Å². The lowest BCUT2D eigenvalue weighted by Gasteiger charge is -2.20. The predicted octanol–water partition coefficient (Wildman–Crippen LogP) is 3.07. The van der Waals surface area contributed by atoms with E-state index in [-0.39, 0.29) is 0 Å². The fourth-order valence-electron chi connectivity index (χ4n) is 1.96. The maximum Gasteiger partial charge on any atom is 0.0703 e. The third kappa shape index (κ3) is 2.33. The fraction of sp³-hybridized carbons (Fsp3) is 0.600. The van der Waals surface area contributed by atoms with E-state index in [0.717, 1.165) is 0 Å². The first-order chi connectivity index (χ1) is 5.38. The van der Waals surface area contributed by atoms with Gasteiger partial charge in [0.1, 0.15) is 0 Å². The number of hydrogen-bond acceptors (Lipinski definition) is 0. The van der Waals surface area contributed by atoms with Crippen LogP contribution in [0.3, 0.4) is 0 Å². The largest absolute Gasteiger partial charge is 0.0992 e. The van der Waals surface area contributed by atoms with Gasteiger partial charge in [-0.05, 0) is 6.92 Å². The Kier molecular flexibility index (Phi) is 3.64. The Bertz CT molecular complexity index is 152. The van der Waals surface area contributed by atoms with Crippen LogP contribution in [0.1, 0.15) is 26.2 Å². The molecule has 0 unspecified atom stereocenters. The molecule has 0 aromatic rings. The van der Waals surface area contributed by atoms with Crippen molar-refractivity contribution in [3.05, 3.63) is 23.9 Å². The highest BCUT2D eigenvalue weighted by Gasteiger charge is 2.16. The lowest BCUT2D eigenvalue weighted by atomic mass is 10.3. The molecule has 0 amide bonds. The van der Waals surface area contributed by atoms with E-state index in [1.807, 2.05) is 0 Å². The van der Waals surface area contributed by atoms with Gasteiger partial charge in [-0.25, -0.2) is 0 Å². The van der Waals surface area contributed by atoms with Crippen molar-refractivity contribution in [2.45, 2.75) is 38.3 Å². The van der Waals surface area contributed by atoms with Crippen LogP contribution in [0.2, 0.25) is 12.1 Å². The summed E-state index contributed by atoms with van der Waals surface area (Å²) in [7, 11) is -0.498. The summed E-state index contributed by atoms with van der Waals surface area (Å²) >= 11 is 0. The molecule has 11 heavy (non-hydrogen) atoms. The third-order valence-corrected chi connectivity index (χ3v) is 6.37. The van der Waals surface area contributed by atoms with Gasteiger partial charge in [-0.3, -0.25) is 0 Å². The summed E-state index contributed by atoms with van der Waals surface area (Å²) in [6, 6.07) is 3.04. The molecule has 0 aromatic carbocycles. The molecule has 0 nitrogen and oxygen atoms in total. The van der Waals surface area contributed by atoms with E-state index in [1.54, 1.807) is 5.20 Å². The van der Waals surface area contributed by atoms with Crippen molar-refractivity contribution in [2.24, 2.45) is 0 Å². The lowest BCUT2D eigenvalue weighted by Crippen LogP contribution is -2.18. The summed E-state index contributed by atoms with van der Waals surface area (Å²) in [5, 5.41) is 1.60. The minimum atomic E-state index is -0.498. The summed E-state index contributed by atoms with van der Waals surface area (Å²) in [5.74, 6) is 0. The first-order valence-electron chi connectivity index (χ1n) is 4.67. The van der Waals surface area contributed by atoms with Crippen LogP contribution < -0.4 is 0 Å². The maximum atomic E-state index is 3.87. The molecule has 0 saturated carbocycles. The zero-order valence-corrected chi connectivity index (χ0v) is 8.63. The van der Waals surface area contributed by atoms with Crippen LogP contribution in [-0.2, 0) is 0 Å². The Morgan fingerprint density at radius 1 is 1.27 bits per heavy atom. The second-order valence-electron chi connectivity index (χ2n) is 3.33. The molecule has 0 spiro atoms. The summed E-state index contributed by atoms with van der Waals surface area (Å²) < 4.78 is 0. The van der Waals surface area contributed by atoms with Gasteiger partial charge < -0.3 is 0 Å². The molecule has 1 fully saturated rings. The molecular weight excluding hydrogens is 148 g/mol. The zero-order valence-electron chi connectivity index (χ0n) is 7.47. The normalized spacial score (nSPS) is 21.7. The maximum absolute atomic E-state index is 3.87. The van der Waals surface area contributed by atoms with Gasteiger partial charge in [0.15, 0.2) is 0 Å². The van der Waals surface area contributed by atoms with Crippen molar-refractivity contribution in [3.63, 3.8) is 0 Å². The van der Waals surface area contributed by atoms with Crippen molar-refractivity contribution >= 4 is 8.80 Å². The van der Waals surface area contributed by atoms with Crippen molar-refractivity contribution < 1.29 is 0 Å². The van der Waals surface area contributed by atoms with Crippen LogP contribution in [0.5, 0.6) is 0 Å². The second kappa shape index (κ2) is 4.55. The van der Waals surface area contributed by atoms with E-state index in [4.69, 9.17) is 0 Å². The summed E-state index contributed by atoms with van der Waals surface area (Å²) in [4.78, 5) is 0. The lowest BCUT2D eigenvalue weighted by molar-refractivity contribution is 0.726. The summed E-state index contributed by atoms with van der Waals surface area (Å²) in [6.45, 7) is 6.02. The molecule has 0 bridgehead atoms. The van der Waals surface area contributed by atoms with Gasteiger partial charge in [-0.2, -0.15) is 0 Å². The van der Waals surface area contributed by atoms with Gasteiger partial charge in [0.05, 0.1) is 8.80 Å².